The Labute approximate surface area is 159 Å². The summed E-state index contributed by atoms with van der Waals surface area (Å²) in [6.45, 7) is 4.56. The van der Waals surface area contributed by atoms with Gasteiger partial charge in [-0.1, -0.05) is 19.1 Å². The molecule has 2 N–H and O–H groups in total. The van der Waals surface area contributed by atoms with Crippen LogP contribution in [0.25, 0.3) is 0 Å². The zero-order chi connectivity index (χ0) is 19.1. The lowest BCUT2D eigenvalue weighted by Crippen LogP contribution is -2.22. The summed E-state index contributed by atoms with van der Waals surface area (Å²) in [6, 6.07) is 7.86. The lowest BCUT2D eigenvalue weighted by Gasteiger charge is -2.21. The molecule has 2 heterocycles. The highest BCUT2D eigenvalue weighted by atomic mass is 16.1. The third kappa shape index (κ3) is 4.61. The highest BCUT2D eigenvalue weighted by Gasteiger charge is 2.20. The van der Waals surface area contributed by atoms with Crippen LogP contribution in [0.5, 0.6) is 0 Å². The van der Waals surface area contributed by atoms with Crippen LogP contribution >= 0.6 is 0 Å². The summed E-state index contributed by atoms with van der Waals surface area (Å²) in [7, 11) is 0. The summed E-state index contributed by atoms with van der Waals surface area (Å²) in [4.78, 5) is 33.5. The molecule has 1 aromatic carbocycles. The van der Waals surface area contributed by atoms with Gasteiger partial charge in [-0.15, -0.1) is 0 Å². The van der Waals surface area contributed by atoms with Gasteiger partial charge in [0.1, 0.15) is 5.69 Å². The third-order valence-electron chi connectivity index (χ3n) is 4.66. The van der Waals surface area contributed by atoms with E-state index in [4.69, 9.17) is 4.98 Å². The van der Waals surface area contributed by atoms with Gasteiger partial charge in [0.05, 0.1) is 5.69 Å². The van der Waals surface area contributed by atoms with Gasteiger partial charge in [-0.2, -0.15) is 0 Å². The fourth-order valence-corrected chi connectivity index (χ4v) is 3.29. The van der Waals surface area contributed by atoms with E-state index in [1.54, 1.807) is 0 Å². The van der Waals surface area contributed by atoms with Gasteiger partial charge in [0, 0.05) is 25.3 Å². The maximum absolute atomic E-state index is 11.6. The Morgan fingerprint density at radius 2 is 2.00 bits per heavy atom. The van der Waals surface area contributed by atoms with Gasteiger partial charge in [-0.05, 0) is 43.4 Å². The number of benzene rings is 1. The predicted molar refractivity (Wildman–Crippen MR) is 106 cm³/mol. The number of carbonyl (C=O) groups is 2. The highest BCUT2D eigenvalue weighted by Crippen LogP contribution is 2.26. The molecule has 2 aromatic rings. The van der Waals surface area contributed by atoms with Crippen molar-refractivity contribution >= 4 is 30.0 Å². The van der Waals surface area contributed by atoms with Gasteiger partial charge in [0.2, 0.25) is 6.41 Å². The number of amides is 1. The number of carbonyl (C=O) groups excluding carboxylic acids is 2. The van der Waals surface area contributed by atoms with Crippen molar-refractivity contribution in [1.29, 1.82) is 0 Å². The lowest BCUT2D eigenvalue weighted by molar-refractivity contribution is -0.109. The van der Waals surface area contributed by atoms with Crippen molar-refractivity contribution in [3.63, 3.8) is 0 Å². The molecular formula is C20H25N5O2. The minimum atomic E-state index is 0.322. The second kappa shape index (κ2) is 9.12. The first-order chi connectivity index (χ1) is 13.2. The summed E-state index contributed by atoms with van der Waals surface area (Å²) in [5, 5.41) is 5.91. The van der Waals surface area contributed by atoms with Gasteiger partial charge >= 0.3 is 0 Å². The summed E-state index contributed by atoms with van der Waals surface area (Å²) < 4.78 is 0. The maximum Gasteiger partial charge on any atom is 0.207 e. The van der Waals surface area contributed by atoms with Crippen LogP contribution in [0.2, 0.25) is 0 Å². The van der Waals surface area contributed by atoms with Crippen LogP contribution in [0.15, 0.2) is 24.3 Å². The van der Waals surface area contributed by atoms with Crippen LogP contribution < -0.4 is 15.5 Å². The SMILES string of the molecule is CCc1nc(C=O)c(Nc2cccc(CCNC=O)c2)nc1N1CCCC1. The molecule has 0 unspecified atom stereocenters. The number of hydrogen-bond donors (Lipinski definition) is 2. The van der Waals surface area contributed by atoms with E-state index < -0.39 is 0 Å². The second-order valence-electron chi connectivity index (χ2n) is 6.54. The van der Waals surface area contributed by atoms with Gasteiger partial charge < -0.3 is 15.5 Å². The number of rotatable bonds is 9. The fourth-order valence-electron chi connectivity index (χ4n) is 3.29. The van der Waals surface area contributed by atoms with Crippen LogP contribution in [-0.2, 0) is 17.6 Å². The van der Waals surface area contributed by atoms with Crippen LogP contribution in [0.4, 0.5) is 17.3 Å². The Kier molecular flexibility index (Phi) is 6.35. The van der Waals surface area contributed by atoms with Crippen molar-refractivity contribution in [2.45, 2.75) is 32.6 Å². The fraction of sp³-hybridized carbons (Fsp3) is 0.400. The summed E-state index contributed by atoms with van der Waals surface area (Å²) >= 11 is 0. The monoisotopic (exact) mass is 367 g/mol. The minimum absolute atomic E-state index is 0.322. The average Bonchev–Trinajstić information content (AvgIpc) is 3.23. The first kappa shape index (κ1) is 18.8. The molecule has 1 aromatic heterocycles. The van der Waals surface area contributed by atoms with Crippen LogP contribution in [0.3, 0.4) is 0 Å². The predicted octanol–water partition coefficient (Wildman–Crippen LogP) is 2.48. The van der Waals surface area contributed by atoms with Crippen molar-refractivity contribution in [3.05, 3.63) is 41.2 Å². The Balaban J connectivity index is 1.87. The lowest BCUT2D eigenvalue weighted by atomic mass is 10.1. The molecule has 0 spiro atoms. The maximum atomic E-state index is 11.6. The van der Waals surface area contributed by atoms with E-state index in [2.05, 4.69) is 20.5 Å². The Morgan fingerprint density at radius 3 is 2.70 bits per heavy atom. The highest BCUT2D eigenvalue weighted by molar-refractivity contribution is 5.82. The van der Waals surface area contributed by atoms with Crippen LogP contribution in [0.1, 0.15) is 41.5 Å². The smallest absolute Gasteiger partial charge is 0.207 e. The Bertz CT molecular complexity index is 803. The second-order valence-corrected chi connectivity index (χ2v) is 6.54. The Hall–Kier alpha value is -2.96. The Morgan fingerprint density at radius 1 is 1.19 bits per heavy atom. The third-order valence-corrected chi connectivity index (χ3v) is 4.66. The molecule has 1 fully saturated rings. The van der Waals surface area contributed by atoms with E-state index in [9.17, 15) is 9.59 Å². The van der Waals surface area contributed by atoms with E-state index in [1.807, 2.05) is 31.2 Å². The zero-order valence-corrected chi connectivity index (χ0v) is 15.6. The molecule has 1 saturated heterocycles. The van der Waals surface area contributed by atoms with E-state index in [-0.39, 0.29) is 0 Å². The van der Waals surface area contributed by atoms with E-state index in [1.165, 1.54) is 0 Å². The van der Waals surface area contributed by atoms with Crippen LogP contribution in [-0.4, -0.2) is 42.3 Å². The number of aldehydes is 1. The van der Waals surface area contributed by atoms with E-state index >= 15 is 0 Å². The molecule has 0 radical (unpaired) electrons. The number of aryl methyl sites for hydroxylation is 1. The van der Waals surface area contributed by atoms with E-state index in [0.29, 0.717) is 24.5 Å². The number of nitrogens with one attached hydrogen (secondary N) is 2. The van der Waals surface area contributed by atoms with Crippen molar-refractivity contribution in [3.8, 4) is 0 Å². The van der Waals surface area contributed by atoms with Crippen molar-refractivity contribution < 1.29 is 9.59 Å². The molecule has 0 aliphatic carbocycles. The average molecular weight is 367 g/mol. The molecule has 1 aliphatic heterocycles. The summed E-state index contributed by atoms with van der Waals surface area (Å²) in [5.41, 5.74) is 3.11. The first-order valence-corrected chi connectivity index (χ1v) is 9.39. The number of hydrogen-bond acceptors (Lipinski definition) is 6. The quantitative estimate of drug-likeness (QED) is 0.523. The van der Waals surface area contributed by atoms with Gasteiger partial charge in [0.15, 0.2) is 17.9 Å². The van der Waals surface area contributed by atoms with E-state index in [0.717, 1.165) is 67.8 Å². The molecule has 3 rings (SSSR count). The standard InChI is InChI=1S/C20H25N5O2/c1-2-17-20(25-10-3-4-11-25)24-19(18(13-26)23-17)22-16-7-5-6-15(12-16)8-9-21-14-27/h5-7,12-14H,2-4,8-11H2,1H3,(H,21,27)(H,22,24). The molecule has 1 aliphatic rings. The minimum Gasteiger partial charge on any atom is -0.358 e. The number of nitrogens with zero attached hydrogens (tertiary/aromatic N) is 3. The molecule has 0 bridgehead atoms. The van der Waals surface area contributed by atoms with Gasteiger partial charge in [0.25, 0.3) is 0 Å². The number of aromatic nitrogens is 2. The molecule has 1 amide bonds. The largest absolute Gasteiger partial charge is 0.358 e. The molecular weight excluding hydrogens is 342 g/mol. The van der Waals surface area contributed by atoms with Crippen LogP contribution in [0, 0.1) is 0 Å². The summed E-state index contributed by atoms with van der Waals surface area (Å²) in [5.74, 6) is 1.35. The van der Waals surface area contributed by atoms with Gasteiger partial charge in [-0.3, -0.25) is 9.59 Å². The van der Waals surface area contributed by atoms with Crippen molar-refractivity contribution in [2.75, 3.05) is 29.9 Å². The molecule has 7 nitrogen and oxygen atoms in total. The summed E-state index contributed by atoms with van der Waals surface area (Å²) in [6.07, 6.45) is 5.22. The topological polar surface area (TPSA) is 87.2 Å². The molecule has 27 heavy (non-hydrogen) atoms. The van der Waals surface area contributed by atoms with Crippen molar-refractivity contribution in [2.24, 2.45) is 0 Å². The zero-order valence-electron chi connectivity index (χ0n) is 15.6. The molecule has 0 atom stereocenters. The normalized spacial score (nSPS) is 13.4. The molecule has 7 heteroatoms. The van der Waals surface area contributed by atoms with Crippen molar-refractivity contribution in [1.82, 2.24) is 15.3 Å². The first-order valence-electron chi connectivity index (χ1n) is 9.39. The molecule has 0 saturated carbocycles. The molecule has 142 valence electrons. The number of anilines is 3. The van der Waals surface area contributed by atoms with Gasteiger partial charge in [-0.25, -0.2) is 9.97 Å².